The molecule has 0 atom stereocenters. The van der Waals surface area contributed by atoms with E-state index in [2.05, 4.69) is 15.3 Å². The zero-order chi connectivity index (χ0) is 26.7. The summed E-state index contributed by atoms with van der Waals surface area (Å²) in [6.45, 7) is 6.38. The number of fused-ring (bicyclic) bond motifs is 1. The number of ether oxygens (including phenoxy) is 2. The average Bonchev–Trinajstić information content (AvgIpc) is 3.57. The van der Waals surface area contributed by atoms with Gasteiger partial charge in [-0.05, 0) is 57.4 Å². The van der Waals surface area contributed by atoms with Gasteiger partial charge in [-0.15, -0.1) is 0 Å². The molecular formula is C29H32N4O4S. The van der Waals surface area contributed by atoms with E-state index in [1.807, 2.05) is 51.1 Å². The molecule has 38 heavy (non-hydrogen) atoms. The first-order chi connectivity index (χ1) is 18.3. The third-order valence-electron chi connectivity index (χ3n) is 7.05. The molecule has 5 rings (SSSR count). The molecule has 2 heterocycles. The third kappa shape index (κ3) is 5.62. The van der Waals surface area contributed by atoms with E-state index in [1.165, 1.54) is 11.8 Å². The average molecular weight is 533 g/mol. The fourth-order valence-electron chi connectivity index (χ4n) is 5.12. The number of benzene rings is 2. The second-order valence-corrected chi connectivity index (χ2v) is 10.9. The molecule has 0 radical (unpaired) electrons. The topological polar surface area (TPSA) is 93.7 Å². The molecule has 1 fully saturated rings. The summed E-state index contributed by atoms with van der Waals surface area (Å²) >= 11 is 1.31. The van der Waals surface area contributed by atoms with Gasteiger partial charge < -0.3 is 19.7 Å². The Morgan fingerprint density at radius 2 is 1.63 bits per heavy atom. The van der Waals surface area contributed by atoms with Gasteiger partial charge in [-0.2, -0.15) is 0 Å². The summed E-state index contributed by atoms with van der Waals surface area (Å²) in [4.78, 5) is 38.6. The van der Waals surface area contributed by atoms with Gasteiger partial charge in [0.2, 0.25) is 18.6 Å². The molecule has 9 heteroatoms. The van der Waals surface area contributed by atoms with Gasteiger partial charge in [0.05, 0.1) is 5.75 Å². The number of rotatable bonds is 8. The van der Waals surface area contributed by atoms with Gasteiger partial charge >= 0.3 is 0 Å². The lowest BCUT2D eigenvalue weighted by Crippen LogP contribution is -2.57. The van der Waals surface area contributed by atoms with Crippen LogP contribution in [0.25, 0.3) is 0 Å². The SMILES string of the molecule is Cc1ccc(CN(C(=O)CSc2nc(C)cc(C)n2)C2(C(=O)Nc3ccc4c(c3)OCO4)CCCC2)cc1. The molecule has 1 aliphatic heterocycles. The summed E-state index contributed by atoms with van der Waals surface area (Å²) in [6.07, 6.45) is 2.95. The molecule has 2 amide bonds. The Balaban J connectivity index is 1.42. The van der Waals surface area contributed by atoms with Crippen molar-refractivity contribution in [1.29, 1.82) is 0 Å². The highest BCUT2D eigenvalue weighted by molar-refractivity contribution is 7.99. The fraction of sp³-hybridized carbons (Fsp3) is 0.379. The molecule has 0 spiro atoms. The van der Waals surface area contributed by atoms with Crippen LogP contribution in [0.3, 0.4) is 0 Å². The Morgan fingerprint density at radius 3 is 2.34 bits per heavy atom. The molecule has 198 valence electrons. The van der Waals surface area contributed by atoms with Crippen molar-refractivity contribution in [3.8, 4) is 11.5 Å². The Hall–Kier alpha value is -3.59. The van der Waals surface area contributed by atoms with Crippen LogP contribution in [0.1, 0.15) is 48.2 Å². The predicted octanol–water partition coefficient (Wildman–Crippen LogP) is 5.20. The zero-order valence-corrected chi connectivity index (χ0v) is 22.8. The first kappa shape index (κ1) is 26.0. The van der Waals surface area contributed by atoms with Crippen LogP contribution in [0, 0.1) is 20.8 Å². The van der Waals surface area contributed by atoms with E-state index >= 15 is 0 Å². The fourth-order valence-corrected chi connectivity index (χ4v) is 5.94. The van der Waals surface area contributed by atoms with Crippen molar-refractivity contribution in [3.05, 3.63) is 71.0 Å². The van der Waals surface area contributed by atoms with E-state index in [-0.39, 0.29) is 24.4 Å². The van der Waals surface area contributed by atoms with Crippen LogP contribution in [0.15, 0.2) is 53.7 Å². The number of thioether (sulfide) groups is 1. The van der Waals surface area contributed by atoms with Gasteiger partial charge in [0.15, 0.2) is 16.7 Å². The van der Waals surface area contributed by atoms with Crippen LogP contribution in [0.2, 0.25) is 0 Å². The minimum absolute atomic E-state index is 0.110. The predicted molar refractivity (Wildman–Crippen MR) is 146 cm³/mol. The van der Waals surface area contributed by atoms with Gasteiger partial charge in [-0.1, -0.05) is 54.4 Å². The molecular weight excluding hydrogens is 500 g/mol. The Morgan fingerprint density at radius 1 is 0.947 bits per heavy atom. The monoisotopic (exact) mass is 532 g/mol. The summed E-state index contributed by atoms with van der Waals surface area (Å²) in [5.41, 5.74) is 3.51. The maximum Gasteiger partial charge on any atom is 0.250 e. The zero-order valence-electron chi connectivity index (χ0n) is 22.0. The van der Waals surface area contributed by atoms with Crippen molar-refractivity contribution in [1.82, 2.24) is 14.9 Å². The Kier molecular flexibility index (Phi) is 7.56. The van der Waals surface area contributed by atoms with Crippen LogP contribution in [-0.4, -0.2) is 44.8 Å². The molecule has 2 aliphatic rings. The maximum absolute atomic E-state index is 14.0. The van der Waals surface area contributed by atoms with E-state index in [0.29, 0.717) is 41.7 Å². The molecule has 1 aliphatic carbocycles. The van der Waals surface area contributed by atoms with Crippen LogP contribution >= 0.6 is 11.8 Å². The summed E-state index contributed by atoms with van der Waals surface area (Å²) in [7, 11) is 0. The largest absolute Gasteiger partial charge is 0.454 e. The molecule has 1 saturated carbocycles. The summed E-state index contributed by atoms with van der Waals surface area (Å²) in [6, 6.07) is 15.4. The minimum atomic E-state index is -0.956. The third-order valence-corrected chi connectivity index (χ3v) is 7.88. The van der Waals surface area contributed by atoms with Crippen LogP contribution in [0.4, 0.5) is 5.69 Å². The van der Waals surface area contributed by atoms with Gasteiger partial charge in [0.25, 0.3) is 0 Å². The minimum Gasteiger partial charge on any atom is -0.454 e. The van der Waals surface area contributed by atoms with Gasteiger partial charge in [-0.25, -0.2) is 9.97 Å². The normalized spacial score (nSPS) is 15.3. The van der Waals surface area contributed by atoms with Crippen LogP contribution in [0.5, 0.6) is 11.5 Å². The van der Waals surface area contributed by atoms with Crippen molar-refractivity contribution in [2.24, 2.45) is 0 Å². The van der Waals surface area contributed by atoms with Gasteiger partial charge in [0.1, 0.15) is 5.54 Å². The number of nitrogens with zero attached hydrogens (tertiary/aromatic N) is 3. The lowest BCUT2D eigenvalue weighted by molar-refractivity contribution is -0.144. The second kappa shape index (κ2) is 11.0. The number of anilines is 1. The lowest BCUT2D eigenvalue weighted by Gasteiger charge is -2.40. The first-order valence-electron chi connectivity index (χ1n) is 12.8. The van der Waals surface area contributed by atoms with E-state index in [1.54, 1.807) is 23.1 Å². The number of hydrogen-bond donors (Lipinski definition) is 1. The number of aryl methyl sites for hydroxylation is 3. The van der Waals surface area contributed by atoms with E-state index in [9.17, 15) is 9.59 Å². The molecule has 1 aromatic heterocycles. The summed E-state index contributed by atoms with van der Waals surface area (Å²) in [5, 5.41) is 3.64. The van der Waals surface area contributed by atoms with E-state index in [0.717, 1.165) is 35.4 Å². The van der Waals surface area contributed by atoms with Crippen LogP contribution in [-0.2, 0) is 16.1 Å². The van der Waals surface area contributed by atoms with Crippen molar-refractivity contribution in [2.45, 2.75) is 63.7 Å². The molecule has 0 bridgehead atoms. The first-order valence-corrected chi connectivity index (χ1v) is 13.8. The Labute approximate surface area is 227 Å². The van der Waals surface area contributed by atoms with Gasteiger partial charge in [-0.3, -0.25) is 9.59 Å². The van der Waals surface area contributed by atoms with Crippen molar-refractivity contribution < 1.29 is 19.1 Å². The maximum atomic E-state index is 14.0. The highest BCUT2D eigenvalue weighted by atomic mass is 32.2. The number of carbonyl (C=O) groups excluding carboxylic acids is 2. The second-order valence-electron chi connectivity index (χ2n) is 9.95. The highest BCUT2D eigenvalue weighted by Crippen LogP contribution is 2.39. The van der Waals surface area contributed by atoms with Crippen molar-refractivity contribution in [2.75, 3.05) is 17.9 Å². The van der Waals surface area contributed by atoms with Crippen molar-refractivity contribution in [3.63, 3.8) is 0 Å². The number of nitrogens with one attached hydrogen (secondary N) is 1. The van der Waals surface area contributed by atoms with E-state index in [4.69, 9.17) is 9.47 Å². The number of carbonyl (C=O) groups is 2. The number of amides is 2. The van der Waals surface area contributed by atoms with E-state index < -0.39 is 5.54 Å². The number of aromatic nitrogens is 2. The van der Waals surface area contributed by atoms with Crippen LogP contribution < -0.4 is 14.8 Å². The molecule has 0 saturated heterocycles. The Bertz CT molecular complexity index is 1320. The molecule has 1 N–H and O–H groups in total. The summed E-state index contributed by atoms with van der Waals surface area (Å²) < 4.78 is 10.9. The number of hydrogen-bond acceptors (Lipinski definition) is 7. The standard InChI is InChI=1S/C29H32N4O4S/c1-19-6-8-22(9-7-19)16-33(26(34)17-38-28-30-20(2)14-21(3)31-28)29(12-4-5-13-29)27(35)32-23-10-11-24-25(15-23)37-18-36-24/h6-11,14-15H,4-5,12-13,16-18H2,1-3H3,(H,32,35). The smallest absolute Gasteiger partial charge is 0.250 e. The van der Waals surface area contributed by atoms with Gasteiger partial charge in [0, 0.05) is 29.7 Å². The molecule has 3 aromatic rings. The lowest BCUT2D eigenvalue weighted by atomic mass is 9.92. The highest BCUT2D eigenvalue weighted by Gasteiger charge is 2.48. The van der Waals surface area contributed by atoms with Crippen molar-refractivity contribution >= 4 is 29.3 Å². The molecule has 0 unspecified atom stereocenters. The summed E-state index contributed by atoms with van der Waals surface area (Å²) in [5.74, 6) is 1.11. The molecule has 2 aromatic carbocycles. The molecule has 8 nitrogen and oxygen atoms in total. The quantitative estimate of drug-likeness (QED) is 0.315.